The van der Waals surface area contributed by atoms with Crippen LogP contribution in [0.25, 0.3) is 0 Å². The molecular weight excluding hydrogens is 394 g/mol. The SMILES string of the molecule is CCNC(=NCc1cccc(COCCOCC)c1)N1CCC(OCCCOC)CC1. The van der Waals surface area contributed by atoms with Crippen LogP contribution in [0.4, 0.5) is 0 Å². The van der Waals surface area contributed by atoms with Crippen LogP contribution in [0.2, 0.25) is 0 Å². The average Bonchev–Trinajstić information content (AvgIpc) is 2.80. The number of nitrogens with zero attached hydrogens (tertiary/aromatic N) is 2. The molecule has 0 aliphatic carbocycles. The van der Waals surface area contributed by atoms with E-state index in [1.165, 1.54) is 11.1 Å². The maximum atomic E-state index is 5.98. The van der Waals surface area contributed by atoms with Gasteiger partial charge in [0.25, 0.3) is 0 Å². The third-order valence-electron chi connectivity index (χ3n) is 5.17. The maximum absolute atomic E-state index is 5.98. The molecule has 0 radical (unpaired) electrons. The molecule has 0 amide bonds. The van der Waals surface area contributed by atoms with E-state index in [1.54, 1.807) is 7.11 Å². The van der Waals surface area contributed by atoms with E-state index in [-0.39, 0.29) is 0 Å². The minimum absolute atomic E-state index is 0.343. The fourth-order valence-electron chi connectivity index (χ4n) is 3.55. The number of guanidine groups is 1. The number of benzene rings is 1. The molecule has 1 aromatic rings. The van der Waals surface area contributed by atoms with Crippen molar-refractivity contribution in [3.8, 4) is 0 Å². The van der Waals surface area contributed by atoms with Gasteiger partial charge in [0.15, 0.2) is 5.96 Å². The number of hydrogen-bond acceptors (Lipinski definition) is 5. The highest BCUT2D eigenvalue weighted by Crippen LogP contribution is 2.15. The standard InChI is InChI=1S/C24H41N3O4/c1-4-25-24(27-12-10-23(11-13-27)31-15-7-14-28-3)26-19-21-8-6-9-22(18-21)20-30-17-16-29-5-2/h6,8-9,18,23H,4-5,7,10-17,19-20H2,1-3H3,(H,25,26). The number of methoxy groups -OCH3 is 1. The Morgan fingerprint density at radius 1 is 1.06 bits per heavy atom. The van der Waals surface area contributed by atoms with Gasteiger partial charge in [-0.3, -0.25) is 0 Å². The van der Waals surface area contributed by atoms with E-state index in [1.807, 2.05) is 6.92 Å². The molecule has 31 heavy (non-hydrogen) atoms. The number of hydrogen-bond donors (Lipinski definition) is 1. The Kier molecular flexibility index (Phi) is 13.2. The van der Waals surface area contributed by atoms with Gasteiger partial charge in [-0.2, -0.15) is 0 Å². The second-order valence-corrected chi connectivity index (χ2v) is 7.64. The second-order valence-electron chi connectivity index (χ2n) is 7.64. The number of likely N-dealkylation sites (tertiary alicyclic amines) is 1. The summed E-state index contributed by atoms with van der Waals surface area (Å²) in [4.78, 5) is 7.24. The number of piperidine rings is 1. The van der Waals surface area contributed by atoms with Crippen molar-refractivity contribution in [2.75, 3.05) is 59.8 Å². The van der Waals surface area contributed by atoms with Crippen LogP contribution in [0.3, 0.4) is 0 Å². The monoisotopic (exact) mass is 435 g/mol. The summed E-state index contributed by atoms with van der Waals surface area (Å²) in [5.74, 6) is 0.985. The summed E-state index contributed by atoms with van der Waals surface area (Å²) in [7, 11) is 1.73. The van der Waals surface area contributed by atoms with Crippen molar-refractivity contribution in [1.29, 1.82) is 0 Å². The van der Waals surface area contributed by atoms with E-state index in [9.17, 15) is 0 Å². The van der Waals surface area contributed by atoms with Crippen molar-refractivity contribution in [3.05, 3.63) is 35.4 Å². The minimum Gasteiger partial charge on any atom is -0.385 e. The van der Waals surface area contributed by atoms with Crippen LogP contribution in [0, 0.1) is 0 Å². The van der Waals surface area contributed by atoms with Gasteiger partial charge in [-0.05, 0) is 44.2 Å². The Bertz CT molecular complexity index is 619. The van der Waals surface area contributed by atoms with E-state index in [2.05, 4.69) is 41.4 Å². The molecule has 0 spiro atoms. The van der Waals surface area contributed by atoms with E-state index >= 15 is 0 Å². The first kappa shape index (κ1) is 25.6. The lowest BCUT2D eigenvalue weighted by Crippen LogP contribution is -2.47. The molecule has 1 aliphatic heterocycles. The Hall–Kier alpha value is -1.67. The Balaban J connectivity index is 1.81. The smallest absolute Gasteiger partial charge is 0.194 e. The third kappa shape index (κ3) is 10.5. The summed E-state index contributed by atoms with van der Waals surface area (Å²) >= 11 is 0. The quantitative estimate of drug-likeness (QED) is 0.275. The average molecular weight is 436 g/mol. The molecule has 1 aromatic carbocycles. The van der Waals surface area contributed by atoms with Crippen molar-refractivity contribution in [2.45, 2.75) is 52.4 Å². The summed E-state index contributed by atoms with van der Waals surface area (Å²) in [6.45, 7) is 11.7. The minimum atomic E-state index is 0.343. The zero-order chi connectivity index (χ0) is 22.2. The van der Waals surface area contributed by atoms with Crippen LogP contribution >= 0.6 is 0 Å². The van der Waals surface area contributed by atoms with Gasteiger partial charge in [-0.1, -0.05) is 24.3 Å². The Labute approximate surface area is 188 Å². The molecule has 1 aliphatic rings. The number of nitrogens with one attached hydrogen (secondary N) is 1. The molecule has 1 saturated heterocycles. The zero-order valence-electron chi connectivity index (χ0n) is 19.6. The molecule has 0 atom stereocenters. The molecule has 2 rings (SSSR count). The van der Waals surface area contributed by atoms with Crippen molar-refractivity contribution < 1.29 is 18.9 Å². The largest absolute Gasteiger partial charge is 0.385 e. The summed E-state index contributed by atoms with van der Waals surface area (Å²) in [5, 5.41) is 3.45. The van der Waals surface area contributed by atoms with Crippen molar-refractivity contribution in [3.63, 3.8) is 0 Å². The van der Waals surface area contributed by atoms with Crippen LogP contribution in [0.1, 0.15) is 44.2 Å². The van der Waals surface area contributed by atoms with Crippen LogP contribution in [0.15, 0.2) is 29.3 Å². The van der Waals surface area contributed by atoms with Gasteiger partial charge >= 0.3 is 0 Å². The molecular formula is C24H41N3O4. The highest BCUT2D eigenvalue weighted by molar-refractivity contribution is 5.80. The Morgan fingerprint density at radius 3 is 2.58 bits per heavy atom. The predicted molar refractivity (Wildman–Crippen MR) is 124 cm³/mol. The first-order valence-corrected chi connectivity index (χ1v) is 11.6. The molecule has 0 unspecified atom stereocenters. The molecule has 0 aromatic heterocycles. The molecule has 0 bridgehead atoms. The molecule has 7 nitrogen and oxygen atoms in total. The summed E-state index contributed by atoms with van der Waals surface area (Å²) in [5.41, 5.74) is 2.36. The van der Waals surface area contributed by atoms with Gasteiger partial charge in [-0.25, -0.2) is 4.99 Å². The molecule has 0 saturated carbocycles. The number of rotatable bonds is 14. The Morgan fingerprint density at radius 2 is 1.84 bits per heavy atom. The lowest BCUT2D eigenvalue weighted by Gasteiger charge is -2.34. The van der Waals surface area contributed by atoms with Crippen LogP contribution in [-0.2, 0) is 32.1 Å². The highest BCUT2D eigenvalue weighted by Gasteiger charge is 2.21. The summed E-state index contributed by atoms with van der Waals surface area (Å²) in [6.07, 6.45) is 3.37. The molecule has 7 heteroatoms. The van der Waals surface area contributed by atoms with Gasteiger partial charge in [0.2, 0.25) is 0 Å². The van der Waals surface area contributed by atoms with Gasteiger partial charge in [0.1, 0.15) is 0 Å². The van der Waals surface area contributed by atoms with Crippen molar-refractivity contribution >= 4 is 5.96 Å². The van der Waals surface area contributed by atoms with Gasteiger partial charge < -0.3 is 29.2 Å². The lowest BCUT2D eigenvalue weighted by molar-refractivity contribution is 0.00990. The lowest BCUT2D eigenvalue weighted by atomic mass is 10.1. The maximum Gasteiger partial charge on any atom is 0.194 e. The predicted octanol–water partition coefficient (Wildman–Crippen LogP) is 3.22. The van der Waals surface area contributed by atoms with Gasteiger partial charge in [0.05, 0.1) is 32.5 Å². The number of aliphatic imine (C=N–C) groups is 1. The molecule has 1 N–H and O–H groups in total. The van der Waals surface area contributed by atoms with E-state index < -0.39 is 0 Å². The van der Waals surface area contributed by atoms with Crippen LogP contribution < -0.4 is 5.32 Å². The summed E-state index contributed by atoms with van der Waals surface area (Å²) < 4.78 is 22.1. The van der Waals surface area contributed by atoms with E-state index in [0.717, 1.165) is 64.7 Å². The van der Waals surface area contributed by atoms with Crippen LogP contribution in [0.5, 0.6) is 0 Å². The first-order valence-electron chi connectivity index (χ1n) is 11.6. The zero-order valence-corrected chi connectivity index (χ0v) is 19.6. The molecule has 176 valence electrons. The molecule has 1 heterocycles. The highest BCUT2D eigenvalue weighted by atomic mass is 16.5. The van der Waals surface area contributed by atoms with Crippen molar-refractivity contribution in [1.82, 2.24) is 10.2 Å². The summed E-state index contributed by atoms with van der Waals surface area (Å²) in [6, 6.07) is 8.46. The second kappa shape index (κ2) is 16.0. The van der Waals surface area contributed by atoms with Gasteiger partial charge in [-0.15, -0.1) is 0 Å². The fourth-order valence-corrected chi connectivity index (χ4v) is 3.55. The third-order valence-corrected chi connectivity index (χ3v) is 5.17. The normalized spacial score (nSPS) is 15.5. The molecule has 1 fully saturated rings. The van der Waals surface area contributed by atoms with Gasteiger partial charge in [0, 0.05) is 46.6 Å². The first-order chi connectivity index (χ1) is 15.3. The van der Waals surface area contributed by atoms with Crippen molar-refractivity contribution in [2.24, 2.45) is 4.99 Å². The van der Waals surface area contributed by atoms with E-state index in [0.29, 0.717) is 32.5 Å². The van der Waals surface area contributed by atoms with E-state index in [4.69, 9.17) is 23.9 Å². The van der Waals surface area contributed by atoms with Crippen LogP contribution in [-0.4, -0.2) is 76.7 Å². The topological polar surface area (TPSA) is 64.6 Å². The number of ether oxygens (including phenoxy) is 4. The fraction of sp³-hybridized carbons (Fsp3) is 0.708.